The van der Waals surface area contributed by atoms with Gasteiger partial charge in [-0.05, 0) is 98.8 Å². The maximum atomic E-state index is 13.6. The summed E-state index contributed by atoms with van der Waals surface area (Å²) in [6, 6.07) is 2.19. The Morgan fingerprint density at radius 3 is 1.89 bits per heavy atom. The highest BCUT2D eigenvalue weighted by atomic mass is 16.6. The van der Waals surface area contributed by atoms with Gasteiger partial charge in [-0.2, -0.15) is 9.97 Å². The molecule has 55 heavy (non-hydrogen) atoms. The predicted molar refractivity (Wildman–Crippen MR) is 219 cm³/mol. The molecule has 2 aliphatic carbocycles. The number of hydrogen-bond acceptors (Lipinski definition) is 12. The molecule has 3 heterocycles. The van der Waals surface area contributed by atoms with Crippen LogP contribution < -0.4 is 16.0 Å². The topological polar surface area (TPSA) is 142 Å². The lowest BCUT2D eigenvalue weighted by atomic mass is 9.83. The van der Waals surface area contributed by atoms with Gasteiger partial charge in [0.25, 0.3) is 0 Å². The number of aromatic nitrogens is 2. The van der Waals surface area contributed by atoms with Gasteiger partial charge in [0.15, 0.2) is 0 Å². The summed E-state index contributed by atoms with van der Waals surface area (Å²) in [5.74, 6) is 2.50. The normalized spacial score (nSPS) is 22.3. The molecule has 14 nitrogen and oxygen atoms in total. The smallest absolute Gasteiger partial charge is 0.410 e. The Balaban J connectivity index is 1.08. The molecular formula is C41H73N9O5. The van der Waals surface area contributed by atoms with Crippen molar-refractivity contribution >= 4 is 29.8 Å². The molecule has 0 atom stereocenters. The van der Waals surface area contributed by atoms with Gasteiger partial charge in [0.2, 0.25) is 5.95 Å². The third-order valence-corrected chi connectivity index (χ3v) is 11.4. The molecule has 3 N–H and O–H groups in total. The summed E-state index contributed by atoms with van der Waals surface area (Å²) in [5, 5.41) is 3.46. The molecule has 1 aromatic heterocycles. The SMILES string of the molecule is CC(C)(C)OC(=O)N(CCCN(C(=O)OC(C)(C)C)C1CCC(CCNc2nc(N)cc(N3CCN(CCN4CCOCC4)CC3)n2)CC1)C1CCCCC1. The summed E-state index contributed by atoms with van der Waals surface area (Å²) in [5.41, 5.74) is 5.13. The van der Waals surface area contributed by atoms with E-state index in [1.165, 1.54) is 6.42 Å². The fraction of sp³-hybridized carbons (Fsp3) is 0.854. The molecule has 5 rings (SSSR count). The molecular weight excluding hydrogens is 699 g/mol. The van der Waals surface area contributed by atoms with Gasteiger partial charge in [-0.1, -0.05) is 19.3 Å². The van der Waals surface area contributed by atoms with E-state index in [1.807, 2.05) is 57.4 Å². The number of nitrogens with zero attached hydrogens (tertiary/aromatic N) is 7. The summed E-state index contributed by atoms with van der Waals surface area (Å²) in [7, 11) is 0. The van der Waals surface area contributed by atoms with Gasteiger partial charge in [-0.3, -0.25) is 9.80 Å². The predicted octanol–water partition coefficient (Wildman–Crippen LogP) is 6.07. The zero-order chi connectivity index (χ0) is 39.4. The van der Waals surface area contributed by atoms with E-state index >= 15 is 0 Å². The fourth-order valence-corrected chi connectivity index (χ4v) is 8.43. The number of carbonyl (C=O) groups excluding carboxylic acids is 2. The Bertz CT molecular complexity index is 1330. The molecule has 0 spiro atoms. The van der Waals surface area contributed by atoms with Crippen molar-refractivity contribution < 1.29 is 23.8 Å². The summed E-state index contributed by atoms with van der Waals surface area (Å²) in [6.45, 7) is 23.2. The number of rotatable bonds is 14. The number of morpholine rings is 1. The molecule has 4 aliphatic rings. The zero-order valence-corrected chi connectivity index (χ0v) is 35.0. The number of nitrogens with one attached hydrogen (secondary N) is 1. The molecule has 14 heteroatoms. The summed E-state index contributed by atoms with van der Waals surface area (Å²) >= 11 is 0. The van der Waals surface area contributed by atoms with E-state index in [0.717, 1.165) is 136 Å². The van der Waals surface area contributed by atoms with Gasteiger partial charge in [0, 0.05) is 90.1 Å². The monoisotopic (exact) mass is 772 g/mol. The van der Waals surface area contributed by atoms with E-state index in [0.29, 0.717) is 37.2 Å². The molecule has 2 amide bonds. The van der Waals surface area contributed by atoms with Crippen molar-refractivity contribution in [1.82, 2.24) is 29.6 Å². The molecule has 0 aromatic carbocycles. The van der Waals surface area contributed by atoms with Crippen molar-refractivity contribution in [3.8, 4) is 0 Å². The van der Waals surface area contributed by atoms with Crippen LogP contribution in [0.4, 0.5) is 27.2 Å². The van der Waals surface area contributed by atoms with Crippen molar-refractivity contribution in [2.24, 2.45) is 5.92 Å². The molecule has 4 fully saturated rings. The van der Waals surface area contributed by atoms with Crippen LogP contribution in [0.5, 0.6) is 0 Å². The first-order valence-corrected chi connectivity index (χ1v) is 21.4. The minimum absolute atomic E-state index is 0.114. The second kappa shape index (κ2) is 20.4. The van der Waals surface area contributed by atoms with Gasteiger partial charge < -0.3 is 40.0 Å². The fourth-order valence-electron chi connectivity index (χ4n) is 8.43. The first-order valence-electron chi connectivity index (χ1n) is 21.4. The number of hydrogen-bond donors (Lipinski definition) is 2. The third-order valence-electron chi connectivity index (χ3n) is 11.4. The van der Waals surface area contributed by atoms with Crippen molar-refractivity contribution in [2.75, 3.05) is 101 Å². The van der Waals surface area contributed by atoms with Crippen molar-refractivity contribution in [1.29, 1.82) is 0 Å². The average molecular weight is 772 g/mol. The standard InChI is InChI=1S/C41H73N9O5/c1-40(2,3)54-38(51)49(33-11-8-7-9-12-33)19-10-20-50(39(52)55-41(4,5)6)34-15-13-32(14-16-34)17-18-43-37-44-35(42)31-36(45-37)48-25-23-46(24-26-48)21-22-47-27-29-53-30-28-47/h31-34H,7-30H2,1-6H3,(H3,42,43,44,45). The van der Waals surface area contributed by atoms with Crippen LogP contribution in [0.1, 0.15) is 112 Å². The summed E-state index contributed by atoms with van der Waals surface area (Å²) in [6.07, 6.45) is 10.6. The number of nitrogens with two attached hydrogens (primary N) is 1. The van der Waals surface area contributed by atoms with Crippen LogP contribution >= 0.6 is 0 Å². The molecule has 2 saturated carbocycles. The second-order valence-electron chi connectivity index (χ2n) is 18.1. The number of piperazine rings is 1. The Hall–Kier alpha value is -3.10. The lowest BCUT2D eigenvalue weighted by Crippen LogP contribution is -2.49. The van der Waals surface area contributed by atoms with Gasteiger partial charge in [-0.25, -0.2) is 9.59 Å². The Morgan fingerprint density at radius 2 is 1.33 bits per heavy atom. The van der Waals surface area contributed by atoms with Crippen LogP contribution in [0.3, 0.4) is 0 Å². The first-order chi connectivity index (χ1) is 26.2. The molecule has 2 saturated heterocycles. The molecule has 1 aromatic rings. The van der Waals surface area contributed by atoms with Gasteiger partial charge in [0.1, 0.15) is 22.8 Å². The number of ether oxygens (including phenoxy) is 3. The minimum atomic E-state index is -0.580. The van der Waals surface area contributed by atoms with Crippen LogP contribution in [0.25, 0.3) is 0 Å². The Labute approximate surface area is 331 Å². The zero-order valence-electron chi connectivity index (χ0n) is 35.0. The van der Waals surface area contributed by atoms with Crippen molar-refractivity contribution in [3.05, 3.63) is 6.07 Å². The minimum Gasteiger partial charge on any atom is -0.444 e. The van der Waals surface area contributed by atoms with Crippen LogP contribution in [-0.4, -0.2) is 150 Å². The van der Waals surface area contributed by atoms with Crippen LogP contribution in [0.15, 0.2) is 6.07 Å². The molecule has 0 radical (unpaired) electrons. The van der Waals surface area contributed by atoms with Crippen LogP contribution in [0, 0.1) is 5.92 Å². The lowest BCUT2D eigenvalue weighted by molar-refractivity contribution is 0.00449. The Morgan fingerprint density at radius 1 is 0.782 bits per heavy atom. The third kappa shape index (κ3) is 14.4. The number of nitrogen functional groups attached to an aromatic ring is 1. The molecule has 312 valence electrons. The van der Waals surface area contributed by atoms with E-state index in [-0.39, 0.29) is 24.3 Å². The summed E-state index contributed by atoms with van der Waals surface area (Å²) in [4.78, 5) is 47.5. The number of amides is 2. The lowest BCUT2D eigenvalue weighted by Gasteiger charge is -2.39. The Kier molecular flexibility index (Phi) is 15.9. The molecule has 0 bridgehead atoms. The summed E-state index contributed by atoms with van der Waals surface area (Å²) < 4.78 is 17.2. The van der Waals surface area contributed by atoms with Crippen LogP contribution in [-0.2, 0) is 14.2 Å². The van der Waals surface area contributed by atoms with E-state index in [1.54, 1.807) is 0 Å². The van der Waals surface area contributed by atoms with Crippen molar-refractivity contribution in [2.45, 2.75) is 135 Å². The van der Waals surface area contributed by atoms with E-state index < -0.39 is 11.2 Å². The van der Waals surface area contributed by atoms with E-state index in [2.05, 4.69) is 25.0 Å². The van der Waals surface area contributed by atoms with Crippen LogP contribution in [0.2, 0.25) is 0 Å². The number of anilines is 3. The largest absolute Gasteiger partial charge is 0.444 e. The van der Waals surface area contributed by atoms with Crippen molar-refractivity contribution in [3.63, 3.8) is 0 Å². The molecule has 2 aliphatic heterocycles. The molecule has 0 unspecified atom stereocenters. The van der Waals surface area contributed by atoms with E-state index in [4.69, 9.17) is 24.9 Å². The second-order valence-corrected chi connectivity index (χ2v) is 18.1. The number of carbonyl (C=O) groups is 2. The van der Waals surface area contributed by atoms with Gasteiger partial charge in [0.05, 0.1) is 13.2 Å². The van der Waals surface area contributed by atoms with Gasteiger partial charge >= 0.3 is 12.2 Å². The average Bonchev–Trinajstić information content (AvgIpc) is 3.14. The quantitative estimate of drug-likeness (QED) is 0.227. The maximum absolute atomic E-state index is 13.6. The highest BCUT2D eigenvalue weighted by molar-refractivity contribution is 5.69. The highest BCUT2D eigenvalue weighted by Crippen LogP contribution is 2.31. The van der Waals surface area contributed by atoms with Gasteiger partial charge in [-0.15, -0.1) is 0 Å². The van der Waals surface area contributed by atoms with E-state index in [9.17, 15) is 9.59 Å². The first kappa shape index (κ1) is 43.0. The maximum Gasteiger partial charge on any atom is 0.410 e. The highest BCUT2D eigenvalue weighted by Gasteiger charge is 2.33.